The number of benzene rings is 2. The normalized spacial score (nSPS) is 12.7. The fourth-order valence-electron chi connectivity index (χ4n) is 2.58. The number of nitrogens with zero attached hydrogens (tertiary/aromatic N) is 1. The molecule has 2 rings (SSSR count). The molecule has 28 heavy (non-hydrogen) atoms. The number of rotatable bonds is 9. The first kappa shape index (κ1) is 24.4. The van der Waals surface area contributed by atoms with Crippen molar-refractivity contribution >= 4 is 40.0 Å². The van der Waals surface area contributed by atoms with Crippen molar-refractivity contribution in [1.29, 1.82) is 0 Å². The van der Waals surface area contributed by atoms with E-state index in [9.17, 15) is 8.42 Å². The fourth-order valence-corrected chi connectivity index (χ4v) is 3.63. The molecule has 3 N–H and O–H groups in total. The Morgan fingerprint density at radius 2 is 1.61 bits per heavy atom. The maximum atomic E-state index is 12.2. The van der Waals surface area contributed by atoms with Crippen LogP contribution < -0.4 is 15.4 Å². The number of sulfonamides is 1. The van der Waals surface area contributed by atoms with E-state index in [0.29, 0.717) is 12.5 Å². The number of aryl methyl sites for hydroxylation is 1. The second-order valence-corrected chi connectivity index (χ2v) is 8.05. The van der Waals surface area contributed by atoms with E-state index >= 15 is 0 Å². The zero-order chi connectivity index (χ0) is 19.5. The summed E-state index contributed by atoms with van der Waals surface area (Å²) in [5, 5.41) is 6.46. The molecule has 0 spiro atoms. The summed E-state index contributed by atoms with van der Waals surface area (Å²) in [6, 6.07) is 18.9. The molecule has 2 aromatic rings. The van der Waals surface area contributed by atoms with Gasteiger partial charge in [-0.3, -0.25) is 4.99 Å². The van der Waals surface area contributed by atoms with Crippen molar-refractivity contribution in [2.45, 2.75) is 30.7 Å². The Hall–Kier alpha value is -1.65. The Bertz CT molecular complexity index is 815. The molecule has 0 aliphatic heterocycles. The molecule has 1 unspecified atom stereocenters. The number of hydrogen-bond acceptors (Lipinski definition) is 3. The van der Waals surface area contributed by atoms with Crippen LogP contribution in [0.4, 0.5) is 0 Å². The van der Waals surface area contributed by atoms with E-state index in [1.807, 2.05) is 18.2 Å². The summed E-state index contributed by atoms with van der Waals surface area (Å²) in [5.74, 6) is 0.662. The molecule has 154 valence electrons. The zero-order valence-electron chi connectivity index (χ0n) is 16.3. The second-order valence-electron chi connectivity index (χ2n) is 6.28. The van der Waals surface area contributed by atoms with Crippen LogP contribution in [0.3, 0.4) is 0 Å². The van der Waals surface area contributed by atoms with Gasteiger partial charge in [-0.2, -0.15) is 0 Å². The maximum absolute atomic E-state index is 12.2. The van der Waals surface area contributed by atoms with Crippen molar-refractivity contribution in [1.82, 2.24) is 15.4 Å². The van der Waals surface area contributed by atoms with Gasteiger partial charge in [0.05, 0.1) is 4.90 Å². The number of aliphatic imine (C=N–C) groups is 1. The summed E-state index contributed by atoms with van der Waals surface area (Å²) in [7, 11) is -1.78. The molecule has 0 saturated carbocycles. The molecule has 0 amide bonds. The third kappa shape index (κ3) is 8.57. The van der Waals surface area contributed by atoms with Gasteiger partial charge in [0.15, 0.2) is 5.96 Å². The maximum Gasteiger partial charge on any atom is 0.240 e. The molecule has 2 aromatic carbocycles. The van der Waals surface area contributed by atoms with E-state index < -0.39 is 10.0 Å². The quantitative estimate of drug-likeness (QED) is 0.207. The van der Waals surface area contributed by atoms with Gasteiger partial charge in [-0.1, -0.05) is 48.5 Å². The van der Waals surface area contributed by atoms with Gasteiger partial charge in [0, 0.05) is 26.2 Å². The lowest BCUT2D eigenvalue weighted by Crippen LogP contribution is -2.44. The van der Waals surface area contributed by atoms with Gasteiger partial charge >= 0.3 is 0 Å². The van der Waals surface area contributed by atoms with Gasteiger partial charge in [-0.25, -0.2) is 13.1 Å². The van der Waals surface area contributed by atoms with Gasteiger partial charge in [-0.05, 0) is 37.5 Å². The van der Waals surface area contributed by atoms with Crippen molar-refractivity contribution in [2.24, 2.45) is 4.99 Å². The zero-order valence-corrected chi connectivity index (χ0v) is 19.4. The van der Waals surface area contributed by atoms with Crippen LogP contribution in [-0.2, 0) is 16.4 Å². The van der Waals surface area contributed by atoms with E-state index in [0.717, 1.165) is 12.8 Å². The lowest BCUT2D eigenvalue weighted by Gasteiger charge is -2.18. The predicted octanol–water partition coefficient (Wildman–Crippen LogP) is 2.77. The highest BCUT2D eigenvalue weighted by Crippen LogP contribution is 2.06. The summed E-state index contributed by atoms with van der Waals surface area (Å²) in [6.07, 6.45) is 1.97. The number of guanidine groups is 1. The minimum absolute atomic E-state index is 0. The van der Waals surface area contributed by atoms with Gasteiger partial charge < -0.3 is 10.6 Å². The molecule has 0 aromatic heterocycles. The molecular weight excluding hydrogens is 487 g/mol. The van der Waals surface area contributed by atoms with Crippen molar-refractivity contribution in [3.05, 3.63) is 66.2 Å². The number of halogens is 1. The Labute approximate surface area is 185 Å². The van der Waals surface area contributed by atoms with Crippen LogP contribution >= 0.6 is 24.0 Å². The summed E-state index contributed by atoms with van der Waals surface area (Å²) in [6.45, 7) is 2.82. The molecule has 0 bridgehead atoms. The SMILES string of the molecule is CN=C(NCCNS(=O)(=O)c1ccccc1)NC(C)CCc1ccccc1.I. The Morgan fingerprint density at radius 3 is 2.21 bits per heavy atom. The van der Waals surface area contributed by atoms with Crippen LogP contribution in [0.5, 0.6) is 0 Å². The largest absolute Gasteiger partial charge is 0.355 e. The van der Waals surface area contributed by atoms with E-state index in [1.165, 1.54) is 5.56 Å². The molecule has 0 aliphatic rings. The first-order valence-electron chi connectivity index (χ1n) is 9.07. The van der Waals surface area contributed by atoms with E-state index in [-0.39, 0.29) is 41.5 Å². The Balaban J connectivity index is 0.00000392. The minimum Gasteiger partial charge on any atom is -0.355 e. The van der Waals surface area contributed by atoms with E-state index in [1.54, 1.807) is 37.4 Å². The van der Waals surface area contributed by atoms with Gasteiger partial charge in [-0.15, -0.1) is 24.0 Å². The first-order valence-corrected chi connectivity index (χ1v) is 10.6. The van der Waals surface area contributed by atoms with Crippen molar-refractivity contribution in [3.63, 3.8) is 0 Å². The molecular formula is C20H29IN4O2S. The summed E-state index contributed by atoms with van der Waals surface area (Å²) in [4.78, 5) is 4.46. The average Bonchev–Trinajstić information content (AvgIpc) is 2.70. The van der Waals surface area contributed by atoms with E-state index in [4.69, 9.17) is 0 Å². The molecule has 1 atom stereocenters. The predicted molar refractivity (Wildman–Crippen MR) is 126 cm³/mol. The molecule has 0 fully saturated rings. The standard InChI is InChI=1S/C20H28N4O2S.HI/c1-17(13-14-18-9-5-3-6-10-18)24-20(21-2)22-15-16-23-27(25,26)19-11-7-4-8-12-19;/h3-12,17,23H,13-16H2,1-2H3,(H2,21,22,24);1H. The molecule has 0 heterocycles. The second kappa shape index (κ2) is 12.7. The lowest BCUT2D eigenvalue weighted by atomic mass is 10.1. The average molecular weight is 516 g/mol. The lowest BCUT2D eigenvalue weighted by molar-refractivity contribution is 0.577. The van der Waals surface area contributed by atoms with Crippen LogP contribution in [0.2, 0.25) is 0 Å². The first-order chi connectivity index (χ1) is 13.0. The van der Waals surface area contributed by atoms with Crippen LogP contribution in [0.1, 0.15) is 18.9 Å². The topological polar surface area (TPSA) is 82.6 Å². The number of nitrogens with one attached hydrogen (secondary N) is 3. The monoisotopic (exact) mass is 516 g/mol. The van der Waals surface area contributed by atoms with Crippen LogP contribution in [-0.4, -0.2) is 40.6 Å². The minimum atomic E-state index is -3.48. The third-order valence-corrected chi connectivity index (χ3v) is 5.56. The molecule has 6 nitrogen and oxygen atoms in total. The highest BCUT2D eigenvalue weighted by atomic mass is 127. The van der Waals surface area contributed by atoms with Gasteiger partial charge in [0.25, 0.3) is 0 Å². The van der Waals surface area contributed by atoms with Gasteiger partial charge in [0.2, 0.25) is 10.0 Å². The van der Waals surface area contributed by atoms with E-state index in [2.05, 4.69) is 39.4 Å². The number of hydrogen-bond donors (Lipinski definition) is 3. The summed E-state index contributed by atoms with van der Waals surface area (Å²) < 4.78 is 26.9. The van der Waals surface area contributed by atoms with Gasteiger partial charge in [0.1, 0.15) is 0 Å². The molecule has 0 radical (unpaired) electrons. The molecule has 0 aliphatic carbocycles. The summed E-state index contributed by atoms with van der Waals surface area (Å²) in [5.41, 5.74) is 1.31. The molecule has 0 saturated heterocycles. The van der Waals surface area contributed by atoms with Crippen molar-refractivity contribution < 1.29 is 8.42 Å². The smallest absolute Gasteiger partial charge is 0.240 e. The fraction of sp³-hybridized carbons (Fsp3) is 0.350. The van der Waals surface area contributed by atoms with Crippen LogP contribution in [0, 0.1) is 0 Å². The highest BCUT2D eigenvalue weighted by molar-refractivity contribution is 14.0. The van der Waals surface area contributed by atoms with Crippen LogP contribution in [0.15, 0.2) is 70.6 Å². The van der Waals surface area contributed by atoms with Crippen LogP contribution in [0.25, 0.3) is 0 Å². The highest BCUT2D eigenvalue weighted by Gasteiger charge is 2.12. The Kier molecular flexibility index (Phi) is 11.1. The third-order valence-electron chi connectivity index (χ3n) is 4.08. The summed E-state index contributed by atoms with van der Waals surface area (Å²) >= 11 is 0. The van der Waals surface area contributed by atoms with Crippen molar-refractivity contribution in [3.8, 4) is 0 Å². The van der Waals surface area contributed by atoms with Crippen molar-refractivity contribution in [2.75, 3.05) is 20.1 Å². The molecule has 8 heteroatoms. The Morgan fingerprint density at radius 1 is 1.00 bits per heavy atom.